The predicted molar refractivity (Wildman–Crippen MR) is 109 cm³/mol. The monoisotopic (exact) mass is 469 g/mol. The molecule has 2 aromatic carbocycles. The minimum absolute atomic E-state index is 0.0884. The van der Waals surface area contributed by atoms with Crippen LogP contribution in [-0.4, -0.2) is 22.2 Å². The Labute approximate surface area is 173 Å². The lowest BCUT2D eigenvalue weighted by Crippen LogP contribution is -2.08. The number of aromatic hydroxyl groups is 1. The van der Waals surface area contributed by atoms with Gasteiger partial charge in [0.1, 0.15) is 5.75 Å². The number of benzene rings is 2. The van der Waals surface area contributed by atoms with Crippen LogP contribution in [0.2, 0.25) is 10.0 Å². The number of aromatic nitrogens is 1. The summed E-state index contributed by atoms with van der Waals surface area (Å²) in [4.78, 5) is 12.0. The van der Waals surface area contributed by atoms with Crippen molar-refractivity contribution in [3.8, 4) is 11.6 Å². The van der Waals surface area contributed by atoms with Crippen LogP contribution < -0.4 is 4.74 Å². The van der Waals surface area contributed by atoms with E-state index in [1.807, 2.05) is 19.1 Å². The summed E-state index contributed by atoms with van der Waals surface area (Å²) in [6, 6.07) is 8.47. The molecule has 0 unspecified atom stereocenters. The maximum atomic E-state index is 12.0. The Morgan fingerprint density at radius 2 is 2.04 bits per heavy atom. The SMILES string of the molecule is Cc1cc(Br)c2c(c1)c(N=NC(=O)COc1ccc(Cl)cc1Cl)c(O)n2C. The molecular weight excluding hydrogens is 457 g/mol. The molecule has 0 saturated heterocycles. The summed E-state index contributed by atoms with van der Waals surface area (Å²) >= 11 is 15.3. The van der Waals surface area contributed by atoms with Gasteiger partial charge in [-0.15, -0.1) is 10.2 Å². The van der Waals surface area contributed by atoms with E-state index < -0.39 is 5.91 Å². The van der Waals surface area contributed by atoms with Gasteiger partial charge >= 0.3 is 5.91 Å². The molecule has 0 aliphatic heterocycles. The average Bonchev–Trinajstić information content (AvgIpc) is 2.83. The highest BCUT2D eigenvalue weighted by molar-refractivity contribution is 9.10. The van der Waals surface area contributed by atoms with Crippen molar-refractivity contribution in [3.63, 3.8) is 0 Å². The van der Waals surface area contributed by atoms with Crippen molar-refractivity contribution in [2.75, 3.05) is 6.61 Å². The normalized spacial score (nSPS) is 11.4. The number of carbonyl (C=O) groups excluding carboxylic acids is 1. The zero-order valence-electron chi connectivity index (χ0n) is 14.3. The maximum absolute atomic E-state index is 12.0. The Bertz CT molecular complexity index is 1080. The number of fused-ring (bicyclic) bond motifs is 1. The average molecular weight is 471 g/mol. The molecule has 0 radical (unpaired) electrons. The first-order chi connectivity index (χ1) is 12.8. The number of rotatable bonds is 4. The van der Waals surface area contributed by atoms with Crippen molar-refractivity contribution >= 4 is 61.6 Å². The quantitative estimate of drug-likeness (QED) is 0.478. The Hall–Kier alpha value is -2.09. The molecule has 0 fully saturated rings. The summed E-state index contributed by atoms with van der Waals surface area (Å²) in [5.74, 6) is -0.393. The zero-order valence-corrected chi connectivity index (χ0v) is 17.4. The van der Waals surface area contributed by atoms with Crippen molar-refractivity contribution in [3.05, 3.63) is 50.4 Å². The number of hydrogen-bond acceptors (Lipinski definition) is 4. The Morgan fingerprint density at radius 3 is 2.74 bits per heavy atom. The molecule has 27 heavy (non-hydrogen) atoms. The first-order valence-electron chi connectivity index (χ1n) is 7.78. The van der Waals surface area contributed by atoms with Gasteiger partial charge in [0, 0.05) is 21.9 Å². The molecule has 0 aliphatic rings. The molecule has 1 heterocycles. The standard InChI is InChI=1S/C18H14BrCl2N3O3/c1-9-5-11-16(18(26)24(2)17(11)12(19)6-9)23-22-15(25)8-27-14-4-3-10(20)7-13(14)21/h3-7,26H,8H2,1-2H3. The number of nitrogens with zero attached hydrogens (tertiary/aromatic N) is 3. The third-order valence-electron chi connectivity index (χ3n) is 3.83. The number of ether oxygens (including phenoxy) is 1. The number of carbonyl (C=O) groups is 1. The molecule has 140 valence electrons. The van der Waals surface area contributed by atoms with E-state index in [-0.39, 0.29) is 18.2 Å². The van der Waals surface area contributed by atoms with Gasteiger partial charge in [-0.25, -0.2) is 0 Å². The van der Waals surface area contributed by atoms with Gasteiger partial charge in [0.05, 0.1) is 10.5 Å². The highest BCUT2D eigenvalue weighted by Gasteiger charge is 2.17. The molecule has 0 atom stereocenters. The van der Waals surface area contributed by atoms with Crippen LogP contribution in [0.3, 0.4) is 0 Å². The second kappa shape index (κ2) is 7.88. The molecule has 1 N–H and O–H groups in total. The van der Waals surface area contributed by atoms with Gasteiger partial charge < -0.3 is 14.4 Å². The molecule has 3 rings (SSSR count). The maximum Gasteiger partial charge on any atom is 0.302 e. The van der Waals surface area contributed by atoms with Crippen LogP contribution in [0.4, 0.5) is 5.69 Å². The molecular formula is C18H14BrCl2N3O3. The molecule has 1 amide bonds. The summed E-state index contributed by atoms with van der Waals surface area (Å²) in [6.45, 7) is 1.57. The Morgan fingerprint density at radius 1 is 1.30 bits per heavy atom. The van der Waals surface area contributed by atoms with Crippen LogP contribution in [0.25, 0.3) is 10.9 Å². The highest BCUT2D eigenvalue weighted by atomic mass is 79.9. The van der Waals surface area contributed by atoms with Gasteiger partial charge in [0.2, 0.25) is 5.88 Å². The van der Waals surface area contributed by atoms with Crippen LogP contribution in [0, 0.1) is 6.92 Å². The van der Waals surface area contributed by atoms with Gasteiger partial charge in [0.25, 0.3) is 0 Å². The van der Waals surface area contributed by atoms with E-state index in [1.165, 1.54) is 6.07 Å². The van der Waals surface area contributed by atoms with E-state index in [1.54, 1.807) is 23.7 Å². The molecule has 0 saturated carbocycles. The van der Waals surface area contributed by atoms with E-state index in [4.69, 9.17) is 27.9 Å². The molecule has 1 aromatic heterocycles. The van der Waals surface area contributed by atoms with Crippen LogP contribution in [0.5, 0.6) is 11.6 Å². The van der Waals surface area contributed by atoms with Crippen LogP contribution in [-0.2, 0) is 11.8 Å². The zero-order chi connectivity index (χ0) is 19.7. The second-order valence-corrected chi connectivity index (χ2v) is 7.53. The third-order valence-corrected chi connectivity index (χ3v) is 4.97. The van der Waals surface area contributed by atoms with E-state index >= 15 is 0 Å². The van der Waals surface area contributed by atoms with E-state index in [2.05, 4.69) is 26.2 Å². The van der Waals surface area contributed by atoms with Crippen molar-refractivity contribution in [1.29, 1.82) is 0 Å². The summed E-state index contributed by atoms with van der Waals surface area (Å²) in [7, 11) is 1.70. The number of hydrogen-bond donors (Lipinski definition) is 1. The first kappa shape index (κ1) is 19.7. The van der Waals surface area contributed by atoms with Crippen LogP contribution in [0.1, 0.15) is 5.56 Å². The molecule has 6 nitrogen and oxygen atoms in total. The lowest BCUT2D eigenvalue weighted by Gasteiger charge is -2.05. The number of aryl methyl sites for hydroxylation is 2. The molecule has 0 aliphatic carbocycles. The Kier molecular flexibility index (Phi) is 5.74. The Balaban J connectivity index is 1.81. The van der Waals surface area contributed by atoms with E-state index in [0.717, 1.165) is 15.6 Å². The fraction of sp³-hybridized carbons (Fsp3) is 0.167. The fourth-order valence-corrected chi connectivity index (χ4v) is 3.91. The first-order valence-corrected chi connectivity index (χ1v) is 9.32. The van der Waals surface area contributed by atoms with Crippen molar-refractivity contribution in [1.82, 2.24) is 4.57 Å². The van der Waals surface area contributed by atoms with Crippen molar-refractivity contribution < 1.29 is 14.6 Å². The molecule has 9 heteroatoms. The van der Waals surface area contributed by atoms with Crippen LogP contribution in [0.15, 0.2) is 45.0 Å². The largest absolute Gasteiger partial charge is 0.493 e. The van der Waals surface area contributed by atoms with Gasteiger partial charge in [0.15, 0.2) is 12.3 Å². The molecule has 0 spiro atoms. The topological polar surface area (TPSA) is 76.2 Å². The number of amides is 1. The third kappa shape index (κ3) is 4.10. The van der Waals surface area contributed by atoms with Gasteiger partial charge in [-0.05, 0) is 58.7 Å². The second-order valence-electron chi connectivity index (χ2n) is 5.83. The van der Waals surface area contributed by atoms with E-state index in [0.29, 0.717) is 21.2 Å². The fourth-order valence-electron chi connectivity index (χ4n) is 2.61. The lowest BCUT2D eigenvalue weighted by atomic mass is 10.1. The van der Waals surface area contributed by atoms with E-state index in [9.17, 15) is 9.90 Å². The van der Waals surface area contributed by atoms with Gasteiger partial charge in [-0.2, -0.15) is 0 Å². The summed E-state index contributed by atoms with van der Waals surface area (Å²) in [5, 5.41) is 19.4. The van der Waals surface area contributed by atoms with Crippen molar-refractivity contribution in [2.24, 2.45) is 17.3 Å². The number of azo groups is 1. The predicted octanol–water partition coefficient (Wildman–Crippen LogP) is 5.95. The number of halogens is 3. The molecule has 0 bridgehead atoms. The smallest absolute Gasteiger partial charge is 0.302 e. The van der Waals surface area contributed by atoms with Gasteiger partial charge in [-0.1, -0.05) is 23.2 Å². The van der Waals surface area contributed by atoms with Gasteiger partial charge in [-0.3, -0.25) is 4.79 Å². The summed E-state index contributed by atoms with van der Waals surface area (Å²) < 4.78 is 7.71. The summed E-state index contributed by atoms with van der Waals surface area (Å²) in [5.41, 5.74) is 1.95. The summed E-state index contributed by atoms with van der Waals surface area (Å²) in [6.07, 6.45) is 0. The van der Waals surface area contributed by atoms with Crippen molar-refractivity contribution in [2.45, 2.75) is 6.92 Å². The minimum Gasteiger partial charge on any atom is -0.493 e. The minimum atomic E-state index is -0.621. The highest BCUT2D eigenvalue weighted by Crippen LogP contribution is 2.41. The lowest BCUT2D eigenvalue weighted by molar-refractivity contribution is -0.120. The van der Waals surface area contributed by atoms with Crippen LogP contribution >= 0.6 is 39.1 Å². The molecule has 3 aromatic rings.